The first-order valence-electron chi connectivity index (χ1n) is 5.08. The molecule has 0 aromatic heterocycles. The van der Waals surface area contributed by atoms with Crippen LogP contribution in [0.25, 0.3) is 10.8 Å². The lowest BCUT2D eigenvalue weighted by Gasteiger charge is -2.16. The van der Waals surface area contributed by atoms with Gasteiger partial charge in [0.05, 0.1) is 0 Å². The second kappa shape index (κ2) is 4.93. The highest BCUT2D eigenvalue weighted by Crippen LogP contribution is 2.29. The Morgan fingerprint density at radius 3 is 2.11 bits per heavy atom. The van der Waals surface area contributed by atoms with Crippen molar-refractivity contribution in [1.29, 1.82) is 0 Å². The Kier molecular flexibility index (Phi) is 3.95. The molecular weight excluding hydrogens is 254 g/mol. The highest BCUT2D eigenvalue weighted by Gasteiger charge is 2.14. The summed E-state index contributed by atoms with van der Waals surface area (Å²) in [4.78, 5) is 1.84. The van der Waals surface area contributed by atoms with Crippen LogP contribution in [-0.4, -0.2) is 32.5 Å². The molecule has 0 radical (unpaired) electrons. The van der Waals surface area contributed by atoms with Gasteiger partial charge in [-0.2, -0.15) is 8.42 Å². The molecule has 2 rings (SSSR count). The van der Waals surface area contributed by atoms with Gasteiger partial charge in [-0.3, -0.25) is 4.55 Å². The van der Waals surface area contributed by atoms with Gasteiger partial charge >= 0.3 is 0 Å². The van der Waals surface area contributed by atoms with Gasteiger partial charge < -0.3 is 10.4 Å². The predicted octanol–water partition coefficient (Wildman–Crippen LogP) is 1.33. The zero-order valence-electron chi connectivity index (χ0n) is 10.1. The summed E-state index contributed by atoms with van der Waals surface area (Å²) in [5.41, 5.74) is 0.910. The second-order valence-electron chi connectivity index (χ2n) is 4.00. The van der Waals surface area contributed by atoms with E-state index in [1.54, 1.807) is 18.2 Å². The van der Waals surface area contributed by atoms with Crippen LogP contribution in [0.5, 0.6) is 0 Å². The van der Waals surface area contributed by atoms with Crippen LogP contribution in [0.4, 0.5) is 5.69 Å². The Morgan fingerprint density at radius 2 is 1.56 bits per heavy atom. The molecule has 0 heterocycles. The molecule has 5 nitrogen and oxygen atoms in total. The molecule has 0 amide bonds. The fraction of sp³-hybridized carbons (Fsp3) is 0.167. The number of anilines is 1. The first-order chi connectivity index (χ1) is 7.91. The summed E-state index contributed by atoms with van der Waals surface area (Å²) >= 11 is 0. The molecule has 0 aliphatic heterocycles. The molecule has 0 fully saturated rings. The van der Waals surface area contributed by atoms with Gasteiger partial charge in [0.2, 0.25) is 0 Å². The zero-order valence-corrected chi connectivity index (χ0v) is 10.9. The largest absolute Gasteiger partial charge is 0.412 e. The topological polar surface area (TPSA) is 89.1 Å². The minimum absolute atomic E-state index is 0. The number of hydrogen-bond donors (Lipinski definition) is 1. The molecule has 2 aromatic carbocycles. The van der Waals surface area contributed by atoms with Crippen LogP contribution in [0.3, 0.4) is 0 Å². The van der Waals surface area contributed by atoms with Gasteiger partial charge in [-0.25, -0.2) is 0 Å². The Hall–Kier alpha value is -1.63. The van der Waals surface area contributed by atoms with Crippen molar-refractivity contribution in [3.05, 3.63) is 36.4 Å². The molecule has 0 saturated carbocycles. The van der Waals surface area contributed by atoms with Gasteiger partial charge in [0.15, 0.2) is 0 Å². The summed E-state index contributed by atoms with van der Waals surface area (Å²) in [5, 5.41) is 1.33. The second-order valence-corrected chi connectivity index (χ2v) is 5.39. The van der Waals surface area contributed by atoms with E-state index in [4.69, 9.17) is 0 Å². The van der Waals surface area contributed by atoms with Crippen molar-refractivity contribution in [1.82, 2.24) is 0 Å². The van der Waals surface area contributed by atoms with E-state index in [1.807, 2.05) is 31.1 Å². The fourth-order valence-electron chi connectivity index (χ4n) is 1.88. The average molecular weight is 269 g/mol. The van der Waals surface area contributed by atoms with Gasteiger partial charge in [-0.15, -0.1) is 0 Å². The molecule has 0 aliphatic rings. The Labute approximate surface area is 106 Å². The molecule has 0 aliphatic carbocycles. The third-order valence-corrected chi connectivity index (χ3v) is 3.53. The maximum Gasteiger partial charge on any atom is 0.295 e. The average Bonchev–Trinajstić information content (AvgIpc) is 2.26. The van der Waals surface area contributed by atoms with Crippen LogP contribution in [-0.2, 0) is 10.1 Å². The summed E-state index contributed by atoms with van der Waals surface area (Å²) in [6, 6.07) is 10.2. The van der Waals surface area contributed by atoms with E-state index >= 15 is 0 Å². The minimum atomic E-state index is -4.19. The smallest absolute Gasteiger partial charge is 0.295 e. The molecule has 18 heavy (non-hydrogen) atoms. The lowest BCUT2D eigenvalue weighted by Crippen LogP contribution is -2.09. The van der Waals surface area contributed by atoms with Crippen molar-refractivity contribution in [2.45, 2.75) is 4.90 Å². The fourth-order valence-corrected chi connectivity index (χ4v) is 2.59. The summed E-state index contributed by atoms with van der Waals surface area (Å²) in [7, 11) is -0.423. The number of benzene rings is 2. The molecule has 3 N–H and O–H groups in total. The van der Waals surface area contributed by atoms with E-state index in [-0.39, 0.29) is 10.4 Å². The van der Waals surface area contributed by atoms with Gasteiger partial charge in [0, 0.05) is 30.6 Å². The quantitative estimate of drug-likeness (QED) is 0.833. The molecular formula is C12H15NO4S. The molecule has 0 spiro atoms. The Balaban J connectivity index is 0.00000162. The van der Waals surface area contributed by atoms with Crippen LogP contribution in [0.15, 0.2) is 41.3 Å². The lowest BCUT2D eigenvalue weighted by molar-refractivity contribution is 0.484. The third-order valence-electron chi connectivity index (χ3n) is 2.62. The number of hydrogen-bond acceptors (Lipinski definition) is 3. The highest BCUT2D eigenvalue weighted by molar-refractivity contribution is 7.86. The molecule has 98 valence electrons. The Bertz CT molecular complexity index is 665. The van der Waals surface area contributed by atoms with E-state index in [1.165, 1.54) is 6.07 Å². The summed E-state index contributed by atoms with van der Waals surface area (Å²) < 4.78 is 31.7. The van der Waals surface area contributed by atoms with E-state index in [0.29, 0.717) is 5.39 Å². The summed E-state index contributed by atoms with van der Waals surface area (Å²) in [6.07, 6.45) is 0. The van der Waals surface area contributed by atoms with Crippen LogP contribution >= 0.6 is 0 Å². The molecule has 0 unspecified atom stereocenters. The lowest BCUT2D eigenvalue weighted by atomic mass is 10.1. The van der Waals surface area contributed by atoms with E-state index in [9.17, 15) is 13.0 Å². The van der Waals surface area contributed by atoms with Crippen molar-refractivity contribution < 1.29 is 18.4 Å². The van der Waals surface area contributed by atoms with Gasteiger partial charge in [0.1, 0.15) is 4.90 Å². The Morgan fingerprint density at radius 1 is 1.00 bits per heavy atom. The number of nitrogens with zero attached hydrogens (tertiary/aromatic N) is 1. The highest BCUT2D eigenvalue weighted by atomic mass is 32.2. The van der Waals surface area contributed by atoms with Gasteiger partial charge in [-0.1, -0.05) is 24.3 Å². The predicted molar refractivity (Wildman–Crippen MR) is 71.7 cm³/mol. The van der Waals surface area contributed by atoms with Crippen LogP contribution in [0, 0.1) is 0 Å². The SMILES string of the molecule is CN(C)c1cccc2c(S(=O)(=O)O)cccc12.O. The maximum atomic E-state index is 11.3. The molecule has 6 heteroatoms. The molecule has 0 saturated heterocycles. The van der Waals surface area contributed by atoms with Crippen molar-refractivity contribution in [3.8, 4) is 0 Å². The van der Waals surface area contributed by atoms with Crippen LogP contribution in [0.2, 0.25) is 0 Å². The first kappa shape index (κ1) is 14.4. The number of rotatable bonds is 2. The first-order valence-corrected chi connectivity index (χ1v) is 6.52. The van der Waals surface area contributed by atoms with E-state index in [0.717, 1.165) is 11.1 Å². The van der Waals surface area contributed by atoms with Gasteiger partial charge in [0.25, 0.3) is 10.1 Å². The van der Waals surface area contributed by atoms with E-state index in [2.05, 4.69) is 0 Å². The van der Waals surface area contributed by atoms with Crippen molar-refractivity contribution >= 4 is 26.6 Å². The van der Waals surface area contributed by atoms with Crippen molar-refractivity contribution in [2.24, 2.45) is 0 Å². The number of fused-ring (bicyclic) bond motifs is 1. The minimum Gasteiger partial charge on any atom is -0.412 e. The van der Waals surface area contributed by atoms with Crippen molar-refractivity contribution in [2.75, 3.05) is 19.0 Å². The summed E-state index contributed by atoms with van der Waals surface area (Å²) in [6.45, 7) is 0. The van der Waals surface area contributed by atoms with Crippen molar-refractivity contribution in [3.63, 3.8) is 0 Å². The van der Waals surface area contributed by atoms with Crippen LogP contribution < -0.4 is 4.90 Å². The maximum absolute atomic E-state index is 11.3. The summed E-state index contributed by atoms with van der Waals surface area (Å²) in [5.74, 6) is 0. The van der Waals surface area contributed by atoms with Gasteiger partial charge in [-0.05, 0) is 12.1 Å². The van der Waals surface area contributed by atoms with Crippen LogP contribution in [0.1, 0.15) is 0 Å². The monoisotopic (exact) mass is 269 g/mol. The molecule has 0 atom stereocenters. The third kappa shape index (κ3) is 2.45. The molecule has 0 bridgehead atoms. The normalized spacial score (nSPS) is 11.1. The van der Waals surface area contributed by atoms with E-state index < -0.39 is 10.1 Å². The molecule has 2 aromatic rings. The standard InChI is InChI=1S/C12H13NO3S.H2O/c1-13(2)11-7-3-6-10-9(11)5-4-8-12(10)17(14,15)16;/h3-8H,1-2H3,(H,14,15,16);1H2. The zero-order chi connectivity index (χ0) is 12.6.